The molecule has 0 rings (SSSR count). The molecule has 0 saturated carbocycles. The first-order valence-corrected chi connectivity index (χ1v) is 13.8. The number of hydrogen-bond acceptors (Lipinski definition) is 10. The maximum absolute atomic E-state index is 12.0. The highest BCUT2D eigenvalue weighted by Gasteiger charge is 2.47. The Morgan fingerprint density at radius 1 is 0.769 bits per heavy atom. The fourth-order valence-corrected chi connectivity index (χ4v) is 3.57. The highest BCUT2D eigenvalue weighted by molar-refractivity contribution is 5.88. The van der Waals surface area contributed by atoms with Gasteiger partial charge < -0.3 is 20.4 Å². The summed E-state index contributed by atoms with van der Waals surface area (Å²) in [6.07, 6.45) is 15.0. The Hall–Kier alpha value is -2.54. The minimum Gasteiger partial charge on any atom is -0.481 e. The van der Waals surface area contributed by atoms with Gasteiger partial charge in [-0.05, 0) is 32.1 Å². The molecule has 0 heterocycles. The summed E-state index contributed by atoms with van der Waals surface area (Å²) in [5.74, 6) is -5.69. The van der Waals surface area contributed by atoms with Crippen LogP contribution in [0.15, 0.2) is 12.2 Å². The molecule has 0 fully saturated rings. The van der Waals surface area contributed by atoms with Crippen molar-refractivity contribution in [2.75, 3.05) is 13.2 Å². The highest BCUT2D eigenvalue weighted by atomic mass is 17.2. The second-order valence-electron chi connectivity index (χ2n) is 9.50. The maximum atomic E-state index is 12.0. The average molecular weight is 563 g/mol. The third-order valence-electron chi connectivity index (χ3n) is 5.82. The molecule has 0 amide bonds. The summed E-state index contributed by atoms with van der Waals surface area (Å²) in [6.45, 7) is 0.802. The minimum atomic E-state index is -2.71. The Morgan fingerprint density at radius 2 is 1.31 bits per heavy atom. The lowest BCUT2D eigenvalue weighted by atomic mass is 9.96. The molecule has 39 heavy (non-hydrogen) atoms. The summed E-state index contributed by atoms with van der Waals surface area (Å²) < 4.78 is 0. The number of carbonyl (C=O) groups is 4. The first kappa shape index (κ1) is 36.5. The van der Waals surface area contributed by atoms with E-state index in [-0.39, 0.29) is 6.42 Å². The van der Waals surface area contributed by atoms with E-state index < -0.39 is 61.6 Å². The molecular weight excluding hydrogens is 516 g/mol. The largest absolute Gasteiger partial charge is 0.481 e. The van der Waals surface area contributed by atoms with E-state index in [0.717, 1.165) is 38.5 Å². The summed E-state index contributed by atoms with van der Waals surface area (Å²) in [5, 5.41) is 36.4. The Bertz CT molecular complexity index is 724. The number of hydrogen-bond donors (Lipinski definition) is 4. The normalized spacial score (nSPS) is 13.6. The third kappa shape index (κ3) is 20.1. The number of aliphatic carboxylic acids is 2. The molecule has 226 valence electrons. The molecule has 0 bridgehead atoms. The number of aliphatic hydroxyl groups is 2. The molecule has 12 nitrogen and oxygen atoms in total. The lowest BCUT2D eigenvalue weighted by Crippen LogP contribution is -2.46. The molecule has 0 aromatic rings. The molecule has 0 spiro atoms. The molecule has 0 saturated heterocycles. The summed E-state index contributed by atoms with van der Waals surface area (Å²) >= 11 is 0. The van der Waals surface area contributed by atoms with Crippen LogP contribution in [0, 0.1) is 0 Å². The first-order valence-electron chi connectivity index (χ1n) is 13.8. The maximum Gasteiger partial charge on any atom is 0.359 e. The quantitative estimate of drug-likeness (QED) is 0.0543. The Balaban J connectivity index is 4.13. The molecule has 0 aliphatic heterocycles. The van der Waals surface area contributed by atoms with Gasteiger partial charge in [0.2, 0.25) is 5.60 Å². The number of carbonyl (C=O) groups excluding carboxylic acids is 2. The van der Waals surface area contributed by atoms with Crippen molar-refractivity contribution in [1.82, 2.24) is 0 Å². The van der Waals surface area contributed by atoms with Crippen molar-refractivity contribution in [3.05, 3.63) is 12.2 Å². The van der Waals surface area contributed by atoms with Crippen LogP contribution in [0.5, 0.6) is 0 Å². The van der Waals surface area contributed by atoms with Gasteiger partial charge in [0.1, 0.15) is 12.7 Å². The molecular formula is C27H46O12. The average Bonchev–Trinajstić information content (AvgIpc) is 2.89. The summed E-state index contributed by atoms with van der Waals surface area (Å²) in [4.78, 5) is 64.5. The number of rotatable bonds is 25. The SMILES string of the molecule is CCCCCCCC/C=C\CCCCCCCC(=O)OOC(=O)CC(CC(=O)O)(OOCC(O)CO)C(=O)O. The van der Waals surface area contributed by atoms with Crippen LogP contribution >= 0.6 is 0 Å². The summed E-state index contributed by atoms with van der Waals surface area (Å²) in [6, 6.07) is 0. The highest BCUT2D eigenvalue weighted by Crippen LogP contribution is 2.23. The van der Waals surface area contributed by atoms with Crippen molar-refractivity contribution < 1.29 is 59.2 Å². The number of aliphatic hydroxyl groups excluding tert-OH is 2. The standard InChI is InChI=1S/C27H46O12/c1-2-3-4-5-6-7-8-9-10-11-12-13-14-15-16-17-24(32)37-38-25(33)19-27(26(34)35,18-23(30)31)39-36-21-22(29)20-28/h9-10,22,28-29H,2-8,11-21H2,1H3,(H,30,31)(H,34,35)/b10-9-. The predicted molar refractivity (Wildman–Crippen MR) is 139 cm³/mol. The number of unbranched alkanes of at least 4 members (excludes halogenated alkanes) is 11. The summed E-state index contributed by atoms with van der Waals surface area (Å²) in [7, 11) is 0. The molecule has 2 unspecified atom stereocenters. The van der Waals surface area contributed by atoms with Gasteiger partial charge in [0.15, 0.2) is 0 Å². The van der Waals surface area contributed by atoms with Crippen LogP contribution < -0.4 is 0 Å². The minimum absolute atomic E-state index is 0.0106. The van der Waals surface area contributed by atoms with Crippen LogP contribution in [0.2, 0.25) is 0 Å². The Labute approximate surface area is 230 Å². The van der Waals surface area contributed by atoms with Crippen molar-refractivity contribution in [1.29, 1.82) is 0 Å². The van der Waals surface area contributed by atoms with Crippen molar-refractivity contribution in [2.45, 2.75) is 121 Å². The predicted octanol–water partition coefficient (Wildman–Crippen LogP) is 4.01. The van der Waals surface area contributed by atoms with Crippen LogP contribution in [0.4, 0.5) is 0 Å². The van der Waals surface area contributed by atoms with Crippen molar-refractivity contribution in [3.8, 4) is 0 Å². The monoisotopic (exact) mass is 562 g/mol. The first-order chi connectivity index (χ1) is 18.7. The number of carboxylic acid groups (broad SMARTS) is 2. The van der Waals surface area contributed by atoms with E-state index in [0.29, 0.717) is 6.42 Å². The summed E-state index contributed by atoms with van der Waals surface area (Å²) in [5.41, 5.74) is -2.71. The van der Waals surface area contributed by atoms with E-state index in [1.54, 1.807) is 0 Å². The number of carboxylic acids is 2. The number of allylic oxidation sites excluding steroid dienone is 2. The van der Waals surface area contributed by atoms with Crippen LogP contribution in [-0.4, -0.2) is 69.2 Å². The second kappa shape index (κ2) is 23.4. The Morgan fingerprint density at radius 3 is 1.85 bits per heavy atom. The van der Waals surface area contributed by atoms with E-state index >= 15 is 0 Å². The van der Waals surface area contributed by atoms with Gasteiger partial charge in [-0.15, -0.1) is 0 Å². The van der Waals surface area contributed by atoms with Crippen molar-refractivity contribution in [3.63, 3.8) is 0 Å². The zero-order valence-corrected chi connectivity index (χ0v) is 23.0. The van der Waals surface area contributed by atoms with E-state index in [1.165, 1.54) is 38.5 Å². The molecule has 0 aromatic heterocycles. The fourth-order valence-electron chi connectivity index (χ4n) is 3.57. The van der Waals surface area contributed by atoms with Gasteiger partial charge in [0.05, 0.1) is 25.9 Å². The molecule has 0 aliphatic carbocycles. The zero-order chi connectivity index (χ0) is 29.4. The van der Waals surface area contributed by atoms with E-state index in [2.05, 4.69) is 38.6 Å². The van der Waals surface area contributed by atoms with Crippen LogP contribution in [-0.2, 0) is 38.7 Å². The van der Waals surface area contributed by atoms with Gasteiger partial charge in [0.25, 0.3) is 0 Å². The van der Waals surface area contributed by atoms with Crippen LogP contribution in [0.3, 0.4) is 0 Å². The third-order valence-corrected chi connectivity index (χ3v) is 5.82. The smallest absolute Gasteiger partial charge is 0.359 e. The fraction of sp³-hybridized carbons (Fsp3) is 0.778. The lowest BCUT2D eigenvalue weighted by molar-refractivity contribution is -0.364. The molecule has 2 atom stereocenters. The van der Waals surface area contributed by atoms with Gasteiger partial charge in [-0.3, -0.25) is 4.79 Å². The van der Waals surface area contributed by atoms with E-state index in [4.69, 9.17) is 10.2 Å². The zero-order valence-electron chi connectivity index (χ0n) is 23.0. The van der Waals surface area contributed by atoms with Gasteiger partial charge in [0, 0.05) is 0 Å². The molecule has 4 N–H and O–H groups in total. The van der Waals surface area contributed by atoms with E-state index in [9.17, 15) is 29.4 Å². The molecule has 12 heteroatoms. The van der Waals surface area contributed by atoms with Crippen molar-refractivity contribution >= 4 is 23.9 Å². The second-order valence-corrected chi connectivity index (χ2v) is 9.50. The lowest BCUT2D eigenvalue weighted by Gasteiger charge is -2.25. The van der Waals surface area contributed by atoms with Gasteiger partial charge in [-0.1, -0.05) is 70.4 Å². The molecule has 0 radical (unpaired) electrons. The Kier molecular flexibility index (Phi) is 21.8. The van der Waals surface area contributed by atoms with E-state index in [1.807, 2.05) is 0 Å². The van der Waals surface area contributed by atoms with Crippen molar-refractivity contribution in [2.24, 2.45) is 0 Å². The molecule has 0 aliphatic rings. The van der Waals surface area contributed by atoms with Gasteiger partial charge in [-0.25, -0.2) is 33.9 Å². The van der Waals surface area contributed by atoms with Crippen LogP contribution in [0.1, 0.15) is 110 Å². The van der Waals surface area contributed by atoms with Crippen LogP contribution in [0.25, 0.3) is 0 Å². The van der Waals surface area contributed by atoms with Gasteiger partial charge >= 0.3 is 23.9 Å². The molecule has 0 aromatic carbocycles. The van der Waals surface area contributed by atoms with Gasteiger partial charge in [-0.2, -0.15) is 0 Å². The topological polar surface area (TPSA) is 186 Å².